The van der Waals surface area contributed by atoms with Crippen molar-refractivity contribution in [3.8, 4) is 0 Å². The van der Waals surface area contributed by atoms with E-state index in [4.69, 9.17) is 11.6 Å². The zero-order valence-electron chi connectivity index (χ0n) is 13.4. The Morgan fingerprint density at radius 1 is 1.21 bits per heavy atom. The second-order valence-electron chi connectivity index (χ2n) is 6.24. The van der Waals surface area contributed by atoms with Crippen molar-refractivity contribution in [2.24, 2.45) is 0 Å². The third-order valence-electron chi connectivity index (χ3n) is 3.40. The number of carboxylic acid groups (broad SMARTS) is 1. The summed E-state index contributed by atoms with van der Waals surface area (Å²) in [6.45, 7) is 6.24. The van der Waals surface area contributed by atoms with Crippen LogP contribution < -0.4 is 5.32 Å². The van der Waals surface area contributed by atoms with Gasteiger partial charge in [0.25, 0.3) is 5.91 Å². The molecule has 2 aromatic rings. The number of halogens is 2. The molecule has 1 aromatic carbocycles. The van der Waals surface area contributed by atoms with E-state index in [0.29, 0.717) is 5.56 Å². The smallest absolute Gasteiger partial charge is 0.356 e. The number of nitrogens with one attached hydrogen (secondary N) is 1. The van der Waals surface area contributed by atoms with Crippen LogP contribution in [0.3, 0.4) is 0 Å². The van der Waals surface area contributed by atoms with Crippen LogP contribution in [0.15, 0.2) is 34.9 Å². The highest BCUT2D eigenvalue weighted by atomic mass is 79.9. The van der Waals surface area contributed by atoms with Crippen molar-refractivity contribution in [1.29, 1.82) is 0 Å². The van der Waals surface area contributed by atoms with Crippen molar-refractivity contribution in [1.82, 2.24) is 4.98 Å². The Hall–Kier alpha value is -1.92. The monoisotopic (exact) mass is 410 g/mol. The molecular weight excluding hydrogens is 396 g/mol. The van der Waals surface area contributed by atoms with Crippen LogP contribution in [0.25, 0.3) is 0 Å². The molecule has 1 aromatic heterocycles. The zero-order valence-corrected chi connectivity index (χ0v) is 15.7. The van der Waals surface area contributed by atoms with E-state index in [1.807, 2.05) is 12.1 Å². The van der Waals surface area contributed by atoms with Crippen molar-refractivity contribution >= 4 is 45.1 Å². The van der Waals surface area contributed by atoms with Gasteiger partial charge in [0.1, 0.15) is 4.60 Å². The number of hydrogen-bond donors (Lipinski definition) is 2. The average Bonchev–Trinajstić information content (AvgIpc) is 2.49. The van der Waals surface area contributed by atoms with Gasteiger partial charge in [0, 0.05) is 5.56 Å². The summed E-state index contributed by atoms with van der Waals surface area (Å²) in [6, 6.07) is 8.50. The Labute approximate surface area is 153 Å². The number of carbonyl (C=O) groups is 2. The van der Waals surface area contributed by atoms with Gasteiger partial charge in [-0.3, -0.25) is 4.79 Å². The van der Waals surface area contributed by atoms with Crippen LogP contribution in [-0.2, 0) is 5.41 Å². The molecule has 0 unspecified atom stereocenters. The van der Waals surface area contributed by atoms with Gasteiger partial charge in [-0.1, -0.05) is 44.5 Å². The van der Waals surface area contributed by atoms with Crippen LogP contribution >= 0.6 is 27.5 Å². The highest BCUT2D eigenvalue weighted by molar-refractivity contribution is 9.10. The van der Waals surface area contributed by atoms with Gasteiger partial charge in [0.05, 0.1) is 10.7 Å². The van der Waals surface area contributed by atoms with Gasteiger partial charge in [-0.2, -0.15) is 0 Å². The van der Waals surface area contributed by atoms with Crippen LogP contribution in [0.5, 0.6) is 0 Å². The molecular formula is C17H16BrClN2O3. The minimum atomic E-state index is -1.26. The Balaban J connectivity index is 2.30. The molecule has 0 spiro atoms. The highest BCUT2D eigenvalue weighted by Crippen LogP contribution is 2.27. The number of rotatable bonds is 3. The van der Waals surface area contributed by atoms with Crippen molar-refractivity contribution < 1.29 is 14.7 Å². The average molecular weight is 412 g/mol. The predicted molar refractivity (Wildman–Crippen MR) is 97.0 cm³/mol. The van der Waals surface area contributed by atoms with Gasteiger partial charge in [0.2, 0.25) is 0 Å². The fraction of sp³-hybridized carbons (Fsp3) is 0.235. The summed E-state index contributed by atoms with van der Waals surface area (Å²) in [5, 5.41) is 12.0. The third-order valence-corrected chi connectivity index (χ3v) is 4.52. The Morgan fingerprint density at radius 3 is 2.29 bits per heavy atom. The van der Waals surface area contributed by atoms with E-state index in [1.165, 1.54) is 6.07 Å². The summed E-state index contributed by atoms with van der Waals surface area (Å²) >= 11 is 9.00. The third kappa shape index (κ3) is 4.13. The first-order chi connectivity index (χ1) is 11.1. The number of carbonyl (C=O) groups excluding carboxylic acids is 1. The van der Waals surface area contributed by atoms with Crippen molar-refractivity contribution in [3.63, 3.8) is 0 Å². The summed E-state index contributed by atoms with van der Waals surface area (Å²) < 4.78 is 0.203. The standard InChI is InChI=1S/C17H16BrClN2O3/c1-17(2,3)10-6-4-9(5-7-10)15(22)20-12-8-11(19)14(18)21-13(12)16(23)24/h4-8H,1-3H3,(H,20,22)(H,23,24). The van der Waals surface area contributed by atoms with E-state index in [0.717, 1.165) is 5.56 Å². The minimum absolute atomic E-state index is 0.0192. The molecule has 1 amide bonds. The number of aromatic nitrogens is 1. The molecule has 0 aliphatic heterocycles. The molecule has 0 radical (unpaired) electrons. The molecule has 0 saturated carbocycles. The number of anilines is 1. The largest absolute Gasteiger partial charge is 0.476 e. The molecule has 2 N–H and O–H groups in total. The first-order valence-electron chi connectivity index (χ1n) is 7.11. The number of pyridine rings is 1. The molecule has 24 heavy (non-hydrogen) atoms. The molecule has 126 valence electrons. The summed E-state index contributed by atoms with van der Waals surface area (Å²) in [5.41, 5.74) is 1.25. The molecule has 0 aliphatic carbocycles. The second-order valence-corrected chi connectivity index (χ2v) is 7.40. The topological polar surface area (TPSA) is 79.3 Å². The number of benzene rings is 1. The number of aromatic carboxylic acids is 1. The maximum Gasteiger partial charge on any atom is 0.356 e. The van der Waals surface area contributed by atoms with Gasteiger partial charge < -0.3 is 10.4 Å². The summed E-state index contributed by atoms with van der Waals surface area (Å²) in [7, 11) is 0. The number of nitrogens with zero attached hydrogens (tertiary/aromatic N) is 1. The lowest BCUT2D eigenvalue weighted by Gasteiger charge is -2.19. The Kier molecular flexibility index (Phi) is 5.30. The number of carboxylic acids is 1. The summed E-state index contributed by atoms with van der Waals surface area (Å²) in [4.78, 5) is 27.5. The van der Waals surface area contributed by atoms with E-state index >= 15 is 0 Å². The normalized spacial score (nSPS) is 11.2. The number of hydrogen-bond acceptors (Lipinski definition) is 3. The maximum absolute atomic E-state index is 12.4. The lowest BCUT2D eigenvalue weighted by molar-refractivity contribution is 0.0691. The molecule has 1 heterocycles. The van der Waals surface area contributed by atoms with E-state index in [-0.39, 0.29) is 26.4 Å². The van der Waals surface area contributed by atoms with Crippen LogP contribution in [0.2, 0.25) is 5.02 Å². The molecule has 0 atom stereocenters. The lowest BCUT2D eigenvalue weighted by Crippen LogP contribution is -2.17. The van der Waals surface area contributed by atoms with Crippen molar-refractivity contribution in [3.05, 3.63) is 56.8 Å². The maximum atomic E-state index is 12.4. The lowest BCUT2D eigenvalue weighted by atomic mass is 9.87. The van der Waals surface area contributed by atoms with Gasteiger partial charge in [-0.15, -0.1) is 0 Å². The van der Waals surface area contributed by atoms with E-state index in [9.17, 15) is 14.7 Å². The number of amides is 1. The van der Waals surface area contributed by atoms with E-state index in [1.54, 1.807) is 12.1 Å². The molecule has 0 bridgehead atoms. The second kappa shape index (κ2) is 6.91. The van der Waals surface area contributed by atoms with Gasteiger partial charge in [-0.05, 0) is 45.1 Å². The van der Waals surface area contributed by atoms with Gasteiger partial charge >= 0.3 is 5.97 Å². The molecule has 0 saturated heterocycles. The van der Waals surface area contributed by atoms with Crippen molar-refractivity contribution in [2.75, 3.05) is 5.32 Å². The van der Waals surface area contributed by atoms with E-state index in [2.05, 4.69) is 47.0 Å². The quantitative estimate of drug-likeness (QED) is 0.715. The molecule has 7 heteroatoms. The summed E-state index contributed by atoms with van der Waals surface area (Å²) in [6.07, 6.45) is 0. The molecule has 5 nitrogen and oxygen atoms in total. The highest BCUT2D eigenvalue weighted by Gasteiger charge is 2.19. The van der Waals surface area contributed by atoms with Crippen LogP contribution in [0.4, 0.5) is 5.69 Å². The molecule has 2 rings (SSSR count). The fourth-order valence-electron chi connectivity index (χ4n) is 2.04. The van der Waals surface area contributed by atoms with E-state index < -0.39 is 11.9 Å². The molecule has 0 fully saturated rings. The van der Waals surface area contributed by atoms with Crippen LogP contribution in [0.1, 0.15) is 47.2 Å². The summed E-state index contributed by atoms with van der Waals surface area (Å²) in [5.74, 6) is -1.69. The predicted octanol–water partition coefficient (Wildman–Crippen LogP) is 4.75. The Bertz CT molecular complexity index is 799. The van der Waals surface area contributed by atoms with Gasteiger partial charge in [-0.25, -0.2) is 9.78 Å². The molecule has 0 aliphatic rings. The first-order valence-corrected chi connectivity index (χ1v) is 8.28. The van der Waals surface area contributed by atoms with Crippen LogP contribution in [-0.4, -0.2) is 22.0 Å². The van der Waals surface area contributed by atoms with Crippen LogP contribution in [0, 0.1) is 0 Å². The first kappa shape index (κ1) is 18.4. The Morgan fingerprint density at radius 2 is 1.79 bits per heavy atom. The fourth-order valence-corrected chi connectivity index (χ4v) is 2.48. The minimum Gasteiger partial charge on any atom is -0.476 e. The van der Waals surface area contributed by atoms with Gasteiger partial charge in [0.15, 0.2) is 5.69 Å². The van der Waals surface area contributed by atoms with Crippen molar-refractivity contribution in [2.45, 2.75) is 26.2 Å². The zero-order chi connectivity index (χ0) is 18.1. The SMILES string of the molecule is CC(C)(C)c1ccc(C(=O)Nc2cc(Cl)c(Br)nc2C(=O)O)cc1.